The Morgan fingerprint density at radius 2 is 1.93 bits per heavy atom. The molecule has 0 spiro atoms. The Balaban J connectivity index is 1.78. The summed E-state index contributed by atoms with van der Waals surface area (Å²) in [7, 11) is 3.41. The van der Waals surface area contributed by atoms with Gasteiger partial charge in [0.1, 0.15) is 24.1 Å². The lowest BCUT2D eigenvalue weighted by Crippen LogP contribution is -3.13. The summed E-state index contributed by atoms with van der Waals surface area (Å²) in [5.41, 5.74) is 1.68. The van der Waals surface area contributed by atoms with Crippen LogP contribution in [0.15, 0.2) is 42.5 Å². The van der Waals surface area contributed by atoms with Gasteiger partial charge in [0.2, 0.25) is 0 Å². The standard InChI is InChI=1S/C24H30ClNO3/c1-28-18-10-11-22(29-2)19(15-18)23-20-8-5-6-12-24(20,27)13-14-26(23)16-17-7-3-4-9-21(17)25/h3-4,7,9-11,15,20,23,27H,5-6,8,12-14,16H2,1-2H3/p+1/t20-,23-,24-/m0/s1. The highest BCUT2D eigenvalue weighted by Crippen LogP contribution is 2.46. The highest BCUT2D eigenvalue weighted by Gasteiger charge is 2.52. The van der Waals surface area contributed by atoms with E-state index in [9.17, 15) is 5.11 Å². The summed E-state index contributed by atoms with van der Waals surface area (Å²) < 4.78 is 11.3. The number of ether oxygens (including phenoxy) is 2. The molecule has 2 aromatic carbocycles. The van der Waals surface area contributed by atoms with E-state index < -0.39 is 5.60 Å². The van der Waals surface area contributed by atoms with Crippen molar-refractivity contribution in [2.75, 3.05) is 20.8 Å². The Kier molecular flexibility index (Phi) is 6.05. The first-order valence-electron chi connectivity index (χ1n) is 10.6. The third-order valence-corrected chi connectivity index (χ3v) is 7.30. The molecule has 1 heterocycles. The van der Waals surface area contributed by atoms with Crippen molar-refractivity contribution in [3.8, 4) is 11.5 Å². The predicted molar refractivity (Wildman–Crippen MR) is 115 cm³/mol. The fraction of sp³-hybridized carbons (Fsp3) is 0.500. The van der Waals surface area contributed by atoms with Gasteiger partial charge in [-0.05, 0) is 37.1 Å². The van der Waals surface area contributed by atoms with Gasteiger partial charge in [-0.25, -0.2) is 0 Å². The van der Waals surface area contributed by atoms with E-state index in [1.54, 1.807) is 14.2 Å². The van der Waals surface area contributed by atoms with E-state index in [2.05, 4.69) is 12.1 Å². The summed E-state index contributed by atoms with van der Waals surface area (Å²) in [5, 5.41) is 12.3. The quantitative estimate of drug-likeness (QED) is 0.778. The molecule has 2 N–H and O–H groups in total. The molecule has 1 aliphatic heterocycles. The minimum atomic E-state index is -0.596. The van der Waals surface area contributed by atoms with Crippen LogP contribution in [-0.4, -0.2) is 31.5 Å². The summed E-state index contributed by atoms with van der Waals surface area (Å²) in [5.74, 6) is 1.88. The number of methoxy groups -OCH3 is 2. The lowest BCUT2D eigenvalue weighted by Gasteiger charge is -2.50. The van der Waals surface area contributed by atoms with Crippen LogP contribution in [0.1, 0.15) is 49.3 Å². The van der Waals surface area contributed by atoms with Crippen LogP contribution >= 0.6 is 11.6 Å². The first kappa shape index (κ1) is 20.5. The molecule has 0 bridgehead atoms. The zero-order valence-corrected chi connectivity index (χ0v) is 18.0. The fourth-order valence-corrected chi connectivity index (χ4v) is 5.66. The summed E-state index contributed by atoms with van der Waals surface area (Å²) in [6, 6.07) is 14.2. The van der Waals surface area contributed by atoms with Gasteiger partial charge in [0, 0.05) is 22.9 Å². The maximum absolute atomic E-state index is 11.5. The number of fused-ring (bicyclic) bond motifs is 1. The van der Waals surface area contributed by atoms with Crippen molar-refractivity contribution >= 4 is 11.6 Å². The summed E-state index contributed by atoms with van der Waals surface area (Å²) in [4.78, 5) is 1.43. The number of hydrogen-bond acceptors (Lipinski definition) is 3. The average Bonchev–Trinajstić information content (AvgIpc) is 2.74. The van der Waals surface area contributed by atoms with Gasteiger partial charge in [0.25, 0.3) is 0 Å². The van der Waals surface area contributed by atoms with E-state index in [0.717, 1.165) is 72.8 Å². The molecule has 0 radical (unpaired) electrons. The summed E-state index contributed by atoms with van der Waals surface area (Å²) in [6.07, 6.45) is 5.03. The second-order valence-electron chi connectivity index (χ2n) is 8.47. The molecule has 1 aliphatic carbocycles. The van der Waals surface area contributed by atoms with Crippen molar-refractivity contribution < 1.29 is 19.5 Å². The average molecular weight is 417 g/mol. The van der Waals surface area contributed by atoms with Crippen LogP contribution in [0, 0.1) is 5.92 Å². The first-order chi connectivity index (χ1) is 14.1. The van der Waals surface area contributed by atoms with Crippen LogP contribution in [0.25, 0.3) is 0 Å². The molecule has 0 amide bonds. The number of rotatable bonds is 5. The van der Waals surface area contributed by atoms with E-state index in [-0.39, 0.29) is 12.0 Å². The van der Waals surface area contributed by atoms with Crippen molar-refractivity contribution in [2.24, 2.45) is 5.92 Å². The van der Waals surface area contributed by atoms with Gasteiger partial charge in [0.15, 0.2) is 0 Å². The topological polar surface area (TPSA) is 43.1 Å². The van der Waals surface area contributed by atoms with E-state index in [1.165, 1.54) is 4.90 Å². The number of nitrogens with one attached hydrogen (secondary N) is 1. The van der Waals surface area contributed by atoms with Crippen molar-refractivity contribution in [3.05, 3.63) is 58.6 Å². The molecule has 4 atom stereocenters. The summed E-state index contributed by atoms with van der Waals surface area (Å²) in [6.45, 7) is 1.74. The zero-order valence-electron chi connectivity index (χ0n) is 17.3. The Morgan fingerprint density at radius 1 is 1.10 bits per heavy atom. The molecule has 1 saturated heterocycles. The van der Waals surface area contributed by atoms with Crippen LogP contribution in [0.4, 0.5) is 0 Å². The molecule has 156 valence electrons. The first-order valence-corrected chi connectivity index (χ1v) is 11.0. The number of halogens is 1. The number of piperidine rings is 1. The molecule has 29 heavy (non-hydrogen) atoms. The van der Waals surface area contributed by atoms with Crippen LogP contribution < -0.4 is 14.4 Å². The van der Waals surface area contributed by atoms with Gasteiger partial charge < -0.3 is 19.5 Å². The molecule has 4 nitrogen and oxygen atoms in total. The smallest absolute Gasteiger partial charge is 0.128 e. The maximum atomic E-state index is 11.5. The molecule has 2 aromatic rings. The van der Waals surface area contributed by atoms with Gasteiger partial charge >= 0.3 is 0 Å². The Hall–Kier alpha value is -1.75. The van der Waals surface area contributed by atoms with Crippen LogP contribution in [0.5, 0.6) is 11.5 Å². The Labute approximate surface area is 178 Å². The second kappa shape index (κ2) is 8.55. The van der Waals surface area contributed by atoms with E-state index in [1.807, 2.05) is 30.3 Å². The summed E-state index contributed by atoms with van der Waals surface area (Å²) >= 11 is 6.50. The van der Waals surface area contributed by atoms with Crippen molar-refractivity contribution in [1.29, 1.82) is 0 Å². The normalized spacial score (nSPS) is 29.2. The van der Waals surface area contributed by atoms with Crippen LogP contribution in [0.2, 0.25) is 5.02 Å². The van der Waals surface area contributed by atoms with Gasteiger partial charge in [0.05, 0.1) is 31.9 Å². The van der Waals surface area contributed by atoms with Gasteiger partial charge in [-0.15, -0.1) is 0 Å². The third kappa shape index (κ3) is 3.98. The predicted octanol–water partition coefficient (Wildman–Crippen LogP) is 3.81. The Bertz CT molecular complexity index is 858. The second-order valence-corrected chi connectivity index (χ2v) is 8.88. The molecule has 2 aliphatic rings. The SMILES string of the molecule is COc1ccc(OC)c([C@H]2[C@@H]3CCCC[C@]3(O)CC[NH+]2Cc2ccccc2Cl)c1. The molecular weight excluding hydrogens is 386 g/mol. The van der Waals surface area contributed by atoms with Crippen LogP contribution in [0.3, 0.4) is 0 Å². The molecule has 2 fully saturated rings. The highest BCUT2D eigenvalue weighted by molar-refractivity contribution is 6.31. The molecule has 1 saturated carbocycles. The Morgan fingerprint density at radius 3 is 2.69 bits per heavy atom. The highest BCUT2D eigenvalue weighted by atomic mass is 35.5. The maximum Gasteiger partial charge on any atom is 0.128 e. The van der Waals surface area contributed by atoms with Crippen LogP contribution in [-0.2, 0) is 6.54 Å². The number of benzene rings is 2. The van der Waals surface area contributed by atoms with Gasteiger partial charge in [-0.1, -0.05) is 42.6 Å². The lowest BCUT2D eigenvalue weighted by atomic mass is 9.66. The van der Waals surface area contributed by atoms with Gasteiger partial charge in [-0.2, -0.15) is 0 Å². The minimum Gasteiger partial charge on any atom is -0.497 e. The van der Waals surface area contributed by atoms with Crippen molar-refractivity contribution in [3.63, 3.8) is 0 Å². The number of likely N-dealkylation sites (tertiary alicyclic amines) is 1. The number of aliphatic hydroxyl groups is 1. The molecule has 4 rings (SSSR count). The monoisotopic (exact) mass is 416 g/mol. The van der Waals surface area contributed by atoms with Crippen molar-refractivity contribution in [1.82, 2.24) is 0 Å². The largest absolute Gasteiger partial charge is 0.497 e. The van der Waals surface area contributed by atoms with Gasteiger partial charge in [-0.3, -0.25) is 0 Å². The van der Waals surface area contributed by atoms with Crippen molar-refractivity contribution in [2.45, 2.75) is 50.3 Å². The molecule has 0 aromatic heterocycles. The lowest BCUT2D eigenvalue weighted by molar-refractivity contribution is -0.958. The van der Waals surface area contributed by atoms with E-state index in [4.69, 9.17) is 21.1 Å². The minimum absolute atomic E-state index is 0.135. The fourth-order valence-electron chi connectivity index (χ4n) is 5.46. The number of hydrogen-bond donors (Lipinski definition) is 2. The van der Waals surface area contributed by atoms with E-state index >= 15 is 0 Å². The molecule has 5 heteroatoms. The molecule has 1 unspecified atom stereocenters. The zero-order chi connectivity index (χ0) is 20.4. The third-order valence-electron chi connectivity index (χ3n) is 6.93. The number of quaternary nitrogens is 1. The molecular formula is C24H31ClNO3+. The van der Waals surface area contributed by atoms with E-state index in [0.29, 0.717) is 0 Å².